The average molecular weight is 327 g/mol. The Morgan fingerprint density at radius 1 is 1.16 bits per heavy atom. The Morgan fingerprint density at radius 3 is 2.42 bits per heavy atom. The number of nitrogens with one attached hydrogen (secondary N) is 1. The highest BCUT2D eigenvalue weighted by molar-refractivity contribution is 9.18. The molecule has 0 aromatic carbocycles. The van der Waals surface area contributed by atoms with E-state index in [4.69, 9.17) is 10.1 Å². The maximum atomic E-state index is 7.41. The van der Waals surface area contributed by atoms with Crippen molar-refractivity contribution in [2.75, 3.05) is 26.3 Å². The summed E-state index contributed by atoms with van der Waals surface area (Å²) in [6.45, 7) is 7.78. The highest BCUT2D eigenvalue weighted by atomic mass is 79.9. The topological polar surface area (TPSA) is 36.3 Å². The molecule has 1 rings (SSSR count). The molecule has 1 heterocycles. The van der Waals surface area contributed by atoms with Crippen LogP contribution in [0.3, 0.4) is 0 Å². The van der Waals surface area contributed by atoms with Crippen molar-refractivity contribution in [2.24, 2.45) is 11.8 Å². The molecule has 0 saturated carbocycles. The highest BCUT2D eigenvalue weighted by Gasteiger charge is 2.05. The van der Waals surface area contributed by atoms with Crippen LogP contribution < -0.4 is 0 Å². The van der Waals surface area contributed by atoms with Crippen LogP contribution in [0.25, 0.3) is 0 Å². The number of ether oxygens (including phenoxy) is 1. The molecule has 4 heteroatoms. The van der Waals surface area contributed by atoms with Crippen molar-refractivity contribution >= 4 is 20.6 Å². The Labute approximate surface area is 124 Å². The van der Waals surface area contributed by atoms with Crippen molar-refractivity contribution in [3.8, 4) is 0 Å². The summed E-state index contributed by atoms with van der Waals surface area (Å²) in [5.74, 6) is 0.551. The molecule has 19 heavy (non-hydrogen) atoms. The van der Waals surface area contributed by atoms with Crippen LogP contribution in [-0.4, -0.2) is 35.8 Å². The van der Waals surface area contributed by atoms with Crippen LogP contribution in [0.5, 0.6) is 0 Å². The van der Waals surface area contributed by atoms with E-state index in [9.17, 15) is 0 Å². The van der Waals surface area contributed by atoms with E-state index in [1.54, 1.807) is 0 Å². The van der Waals surface area contributed by atoms with Gasteiger partial charge in [-0.15, -0.1) is 0 Å². The summed E-state index contributed by atoms with van der Waals surface area (Å²) in [6.07, 6.45) is 12.6. The van der Waals surface area contributed by atoms with Crippen molar-refractivity contribution in [1.82, 2.24) is 4.90 Å². The second kappa shape index (κ2) is 9.10. The van der Waals surface area contributed by atoms with Gasteiger partial charge in [-0.2, -0.15) is 0 Å². The Hall–Kier alpha value is -0.870. The van der Waals surface area contributed by atoms with Gasteiger partial charge in [-0.05, 0) is 28.0 Å². The molecule has 0 amide bonds. The zero-order chi connectivity index (χ0) is 14.1. The smallest absolute Gasteiger partial charge is 0.0805 e. The van der Waals surface area contributed by atoms with Gasteiger partial charge in [0.15, 0.2) is 0 Å². The third kappa shape index (κ3) is 7.33. The SMILES string of the molecule is CC(/C=C\C=C/C(C)C(=N)Br)/C=C/N1CCOCC1. The summed E-state index contributed by atoms with van der Waals surface area (Å²) < 4.78 is 5.82. The third-order valence-electron chi connectivity index (χ3n) is 2.97. The first-order valence-corrected chi connectivity index (χ1v) is 7.48. The summed E-state index contributed by atoms with van der Waals surface area (Å²) in [4.78, 5) is 2.29. The second-order valence-electron chi connectivity index (χ2n) is 4.76. The van der Waals surface area contributed by atoms with Crippen LogP contribution in [0.1, 0.15) is 13.8 Å². The fourth-order valence-corrected chi connectivity index (χ4v) is 1.76. The van der Waals surface area contributed by atoms with Gasteiger partial charge in [0, 0.05) is 19.0 Å². The molecular weight excluding hydrogens is 304 g/mol. The minimum atomic E-state index is 0.142. The number of nitrogens with zero attached hydrogens (tertiary/aromatic N) is 1. The Bertz CT molecular complexity index is 357. The Kier molecular flexibility index (Phi) is 7.75. The van der Waals surface area contributed by atoms with Crippen LogP contribution in [0, 0.1) is 17.2 Å². The molecule has 1 fully saturated rings. The van der Waals surface area contributed by atoms with Gasteiger partial charge >= 0.3 is 0 Å². The summed E-state index contributed by atoms with van der Waals surface area (Å²) in [6, 6.07) is 0. The standard InChI is InChI=1S/C15H23BrN2O/c1-13(5-3-4-6-14(2)15(16)17)7-8-18-9-11-19-12-10-18/h3-8,13-14,17H,9-12H2,1-2H3/b5-3-,6-4-,8-7+,17-15?. The molecule has 1 N–H and O–H groups in total. The summed E-state index contributed by atoms with van der Waals surface area (Å²) in [5, 5.41) is 7.41. The lowest BCUT2D eigenvalue weighted by atomic mass is 10.1. The molecule has 0 aromatic rings. The summed E-state index contributed by atoms with van der Waals surface area (Å²) in [7, 11) is 0. The molecule has 0 radical (unpaired) electrons. The zero-order valence-corrected chi connectivity index (χ0v) is 13.3. The van der Waals surface area contributed by atoms with Gasteiger partial charge in [-0.3, -0.25) is 5.41 Å². The second-order valence-corrected chi connectivity index (χ2v) is 5.61. The van der Waals surface area contributed by atoms with Crippen LogP contribution in [0.2, 0.25) is 0 Å². The lowest BCUT2D eigenvalue weighted by Crippen LogP contribution is -2.32. The highest BCUT2D eigenvalue weighted by Crippen LogP contribution is 2.06. The zero-order valence-electron chi connectivity index (χ0n) is 11.7. The van der Waals surface area contributed by atoms with E-state index in [0.717, 1.165) is 26.3 Å². The van der Waals surface area contributed by atoms with Gasteiger partial charge in [0.05, 0.1) is 17.8 Å². The van der Waals surface area contributed by atoms with E-state index in [2.05, 4.69) is 46.1 Å². The normalized spacial score (nSPS) is 20.5. The maximum absolute atomic E-state index is 7.41. The van der Waals surface area contributed by atoms with Gasteiger partial charge in [-0.1, -0.05) is 44.2 Å². The lowest BCUT2D eigenvalue weighted by Gasteiger charge is -2.25. The van der Waals surface area contributed by atoms with E-state index >= 15 is 0 Å². The van der Waals surface area contributed by atoms with Gasteiger partial charge in [0.25, 0.3) is 0 Å². The van der Waals surface area contributed by atoms with E-state index in [-0.39, 0.29) is 5.92 Å². The van der Waals surface area contributed by atoms with E-state index < -0.39 is 0 Å². The fourth-order valence-electron chi connectivity index (χ4n) is 1.60. The summed E-state index contributed by atoms with van der Waals surface area (Å²) >= 11 is 3.17. The number of hydrogen-bond donors (Lipinski definition) is 1. The molecule has 0 bridgehead atoms. The monoisotopic (exact) mass is 326 g/mol. The molecule has 0 spiro atoms. The van der Waals surface area contributed by atoms with Crippen LogP contribution in [0.15, 0.2) is 36.6 Å². The molecule has 0 aromatic heterocycles. The predicted molar refractivity (Wildman–Crippen MR) is 84.8 cm³/mol. The first kappa shape index (κ1) is 16.2. The molecule has 2 atom stereocenters. The van der Waals surface area contributed by atoms with Crippen molar-refractivity contribution in [3.63, 3.8) is 0 Å². The van der Waals surface area contributed by atoms with E-state index in [0.29, 0.717) is 10.5 Å². The van der Waals surface area contributed by atoms with E-state index in [1.807, 2.05) is 25.2 Å². The lowest BCUT2D eigenvalue weighted by molar-refractivity contribution is 0.0592. The van der Waals surface area contributed by atoms with Crippen LogP contribution in [0.4, 0.5) is 0 Å². The average Bonchev–Trinajstić information content (AvgIpc) is 2.42. The number of halogens is 1. The van der Waals surface area contributed by atoms with E-state index in [1.165, 1.54) is 0 Å². The molecule has 1 saturated heterocycles. The fraction of sp³-hybridized carbons (Fsp3) is 0.533. The number of morpholine rings is 1. The molecule has 1 aliphatic heterocycles. The van der Waals surface area contributed by atoms with Gasteiger partial charge in [0.1, 0.15) is 0 Å². The van der Waals surface area contributed by atoms with Gasteiger partial charge < -0.3 is 9.64 Å². The van der Waals surface area contributed by atoms with Gasteiger partial charge in [0.2, 0.25) is 0 Å². The summed E-state index contributed by atoms with van der Waals surface area (Å²) in [5.41, 5.74) is 0. The number of hydrogen-bond acceptors (Lipinski definition) is 3. The third-order valence-corrected chi connectivity index (χ3v) is 3.69. The predicted octanol–water partition coefficient (Wildman–Crippen LogP) is 3.59. The molecular formula is C15H23BrN2O. The Morgan fingerprint density at radius 2 is 1.79 bits per heavy atom. The molecule has 2 unspecified atom stereocenters. The Balaban J connectivity index is 2.31. The number of rotatable bonds is 6. The molecule has 0 aliphatic carbocycles. The minimum Gasteiger partial charge on any atom is -0.378 e. The number of allylic oxidation sites excluding steroid dienone is 5. The van der Waals surface area contributed by atoms with Crippen molar-refractivity contribution < 1.29 is 4.74 Å². The minimum absolute atomic E-state index is 0.142. The van der Waals surface area contributed by atoms with Gasteiger partial charge in [-0.25, -0.2) is 0 Å². The first-order valence-electron chi connectivity index (χ1n) is 6.68. The molecule has 3 nitrogen and oxygen atoms in total. The first-order chi connectivity index (χ1) is 9.09. The van der Waals surface area contributed by atoms with Crippen LogP contribution >= 0.6 is 15.9 Å². The van der Waals surface area contributed by atoms with Crippen molar-refractivity contribution in [3.05, 3.63) is 36.6 Å². The molecule has 1 aliphatic rings. The maximum Gasteiger partial charge on any atom is 0.0805 e. The van der Waals surface area contributed by atoms with Crippen molar-refractivity contribution in [1.29, 1.82) is 5.41 Å². The largest absolute Gasteiger partial charge is 0.378 e. The molecule has 106 valence electrons. The van der Waals surface area contributed by atoms with Crippen molar-refractivity contribution in [2.45, 2.75) is 13.8 Å². The quantitative estimate of drug-likeness (QED) is 0.598. The van der Waals surface area contributed by atoms with Crippen LogP contribution in [-0.2, 0) is 4.74 Å².